The van der Waals surface area contributed by atoms with Crippen molar-refractivity contribution in [1.82, 2.24) is 5.32 Å². The Bertz CT molecular complexity index is 676. The normalized spacial score (nSPS) is 13.1. The Labute approximate surface area is 140 Å². The third-order valence-corrected chi connectivity index (χ3v) is 3.70. The number of carbonyl (C=O) groups is 2. The number of amides is 1. The number of rotatable bonds is 8. The smallest absolute Gasteiger partial charge is 0.222 e. The van der Waals surface area contributed by atoms with Crippen LogP contribution in [0.3, 0.4) is 0 Å². The Morgan fingerprint density at radius 3 is 2.42 bits per heavy atom. The van der Waals surface area contributed by atoms with Gasteiger partial charge in [0, 0.05) is 12.5 Å². The Hall–Kier alpha value is -2.53. The van der Waals surface area contributed by atoms with Crippen LogP contribution in [0.2, 0.25) is 0 Å². The summed E-state index contributed by atoms with van der Waals surface area (Å²) >= 11 is 0. The van der Waals surface area contributed by atoms with E-state index in [1.165, 1.54) is 6.07 Å². The molecule has 0 spiro atoms. The van der Waals surface area contributed by atoms with Gasteiger partial charge in [0.05, 0.1) is 6.04 Å². The highest BCUT2D eigenvalue weighted by molar-refractivity contribution is 5.80. The van der Waals surface area contributed by atoms with Crippen LogP contribution in [0, 0.1) is 5.82 Å². The maximum Gasteiger partial charge on any atom is 0.222 e. The van der Waals surface area contributed by atoms with Crippen molar-refractivity contribution < 1.29 is 14.0 Å². The highest BCUT2D eigenvalue weighted by atomic mass is 19.1. The first kappa shape index (κ1) is 17.8. The summed E-state index contributed by atoms with van der Waals surface area (Å²) in [5, 5.41) is 2.67. The summed E-state index contributed by atoms with van der Waals surface area (Å²) in [7, 11) is 0. The maximum atomic E-state index is 13.6. The van der Waals surface area contributed by atoms with Gasteiger partial charge in [-0.3, -0.25) is 4.79 Å². The van der Waals surface area contributed by atoms with Crippen molar-refractivity contribution in [2.75, 3.05) is 0 Å². The van der Waals surface area contributed by atoms with Gasteiger partial charge in [-0.1, -0.05) is 48.5 Å². The highest BCUT2D eigenvalue weighted by Crippen LogP contribution is 2.10. The Morgan fingerprint density at radius 2 is 1.75 bits per heavy atom. The summed E-state index contributed by atoms with van der Waals surface area (Å²) in [4.78, 5) is 23.2. The zero-order valence-corrected chi connectivity index (χ0v) is 13.3. The molecule has 1 unspecified atom stereocenters. The predicted octanol–water partition coefficient (Wildman–Crippen LogP) is 2.01. The van der Waals surface area contributed by atoms with E-state index in [4.69, 9.17) is 5.73 Å². The summed E-state index contributed by atoms with van der Waals surface area (Å²) < 4.78 is 13.6. The van der Waals surface area contributed by atoms with Crippen LogP contribution in [-0.4, -0.2) is 24.3 Å². The van der Waals surface area contributed by atoms with E-state index in [0.717, 1.165) is 5.56 Å². The van der Waals surface area contributed by atoms with Gasteiger partial charge in [0.25, 0.3) is 0 Å². The molecule has 2 aromatic carbocycles. The first-order valence-corrected chi connectivity index (χ1v) is 7.86. The largest absolute Gasteiger partial charge is 0.346 e. The first-order valence-electron chi connectivity index (χ1n) is 7.86. The minimum absolute atomic E-state index is 0.0352. The molecule has 0 radical (unpaired) electrons. The van der Waals surface area contributed by atoms with Gasteiger partial charge in [-0.05, 0) is 30.0 Å². The molecule has 3 N–H and O–H groups in total. The average Bonchev–Trinajstić information content (AvgIpc) is 2.57. The molecule has 126 valence electrons. The highest BCUT2D eigenvalue weighted by Gasteiger charge is 2.16. The van der Waals surface area contributed by atoms with Gasteiger partial charge < -0.3 is 15.8 Å². The zero-order valence-electron chi connectivity index (χ0n) is 13.3. The van der Waals surface area contributed by atoms with Crippen LogP contribution in [-0.2, 0) is 22.4 Å². The van der Waals surface area contributed by atoms with Crippen molar-refractivity contribution in [2.24, 2.45) is 5.73 Å². The number of aldehydes is 1. The van der Waals surface area contributed by atoms with Crippen molar-refractivity contribution in [2.45, 2.75) is 31.3 Å². The quantitative estimate of drug-likeness (QED) is 0.728. The lowest BCUT2D eigenvalue weighted by Gasteiger charge is -2.16. The number of halogens is 1. The Balaban J connectivity index is 1.84. The summed E-state index contributed by atoms with van der Waals surface area (Å²) in [6, 6.07) is 14.7. The van der Waals surface area contributed by atoms with E-state index in [9.17, 15) is 14.0 Å². The van der Waals surface area contributed by atoms with Crippen molar-refractivity contribution in [3.63, 3.8) is 0 Å². The van der Waals surface area contributed by atoms with E-state index in [1.54, 1.807) is 18.2 Å². The lowest BCUT2D eigenvalue weighted by atomic mass is 10.0. The number of hydrogen-bond donors (Lipinski definition) is 2. The molecule has 0 aliphatic rings. The topological polar surface area (TPSA) is 72.2 Å². The number of hydrogen-bond acceptors (Lipinski definition) is 3. The van der Waals surface area contributed by atoms with Gasteiger partial charge in [0.2, 0.25) is 5.91 Å². The Kier molecular flexibility index (Phi) is 6.63. The van der Waals surface area contributed by atoms with E-state index >= 15 is 0 Å². The van der Waals surface area contributed by atoms with Gasteiger partial charge in [-0.15, -0.1) is 0 Å². The van der Waals surface area contributed by atoms with Crippen LogP contribution in [0.4, 0.5) is 4.39 Å². The molecule has 0 aliphatic carbocycles. The standard InChI is InChI=1S/C19H21FN2O2/c20-18-9-5-4-8-15(18)11-16(21)12-19(24)22-17(13-23)10-14-6-2-1-3-7-14/h1-9,13,16-17H,10-12,21H2,(H,22,24)/t16?,17-/m1/s1. The molecule has 2 aromatic rings. The molecule has 0 heterocycles. The molecular weight excluding hydrogens is 307 g/mol. The van der Waals surface area contributed by atoms with E-state index < -0.39 is 12.1 Å². The summed E-state index contributed by atoms with van der Waals surface area (Å²) in [5.74, 6) is -0.643. The Morgan fingerprint density at radius 1 is 1.08 bits per heavy atom. The molecule has 0 saturated carbocycles. The molecule has 2 atom stereocenters. The summed E-state index contributed by atoms with van der Waals surface area (Å²) in [6.45, 7) is 0. The lowest BCUT2D eigenvalue weighted by Crippen LogP contribution is -2.40. The second-order valence-electron chi connectivity index (χ2n) is 5.76. The van der Waals surface area contributed by atoms with Crippen LogP contribution in [0.1, 0.15) is 17.5 Å². The van der Waals surface area contributed by atoms with E-state index in [1.807, 2.05) is 30.3 Å². The molecule has 0 aliphatic heterocycles. The minimum atomic E-state index is -0.597. The third kappa shape index (κ3) is 5.59. The third-order valence-electron chi connectivity index (χ3n) is 3.70. The average molecular weight is 328 g/mol. The molecule has 0 bridgehead atoms. The fraction of sp³-hybridized carbons (Fsp3) is 0.263. The van der Waals surface area contributed by atoms with Crippen molar-refractivity contribution in [1.29, 1.82) is 0 Å². The maximum absolute atomic E-state index is 13.6. The van der Waals surface area contributed by atoms with Gasteiger partial charge in [0.15, 0.2) is 0 Å². The van der Waals surface area contributed by atoms with Crippen LogP contribution >= 0.6 is 0 Å². The molecule has 5 heteroatoms. The van der Waals surface area contributed by atoms with Crippen molar-refractivity contribution in [3.8, 4) is 0 Å². The van der Waals surface area contributed by atoms with Crippen LogP contribution in [0.25, 0.3) is 0 Å². The fourth-order valence-corrected chi connectivity index (χ4v) is 2.52. The first-order chi connectivity index (χ1) is 11.6. The molecule has 0 saturated heterocycles. The van der Waals surface area contributed by atoms with Gasteiger partial charge in [0.1, 0.15) is 12.1 Å². The second-order valence-corrected chi connectivity index (χ2v) is 5.76. The number of benzene rings is 2. The van der Waals surface area contributed by atoms with Crippen LogP contribution in [0.15, 0.2) is 54.6 Å². The zero-order chi connectivity index (χ0) is 17.4. The molecule has 4 nitrogen and oxygen atoms in total. The number of carbonyl (C=O) groups excluding carboxylic acids is 2. The van der Waals surface area contributed by atoms with E-state index in [2.05, 4.69) is 5.32 Å². The summed E-state index contributed by atoms with van der Waals surface area (Å²) in [6.07, 6.45) is 1.45. The summed E-state index contributed by atoms with van der Waals surface area (Å²) in [5.41, 5.74) is 7.37. The van der Waals surface area contributed by atoms with E-state index in [0.29, 0.717) is 18.3 Å². The lowest BCUT2D eigenvalue weighted by molar-refractivity contribution is -0.124. The second kappa shape index (κ2) is 8.93. The monoisotopic (exact) mass is 328 g/mol. The predicted molar refractivity (Wildman–Crippen MR) is 90.8 cm³/mol. The van der Waals surface area contributed by atoms with Gasteiger partial charge in [-0.25, -0.2) is 4.39 Å². The fourth-order valence-electron chi connectivity index (χ4n) is 2.52. The molecule has 24 heavy (non-hydrogen) atoms. The molecular formula is C19H21FN2O2. The molecule has 0 fully saturated rings. The molecule has 0 aromatic heterocycles. The minimum Gasteiger partial charge on any atom is -0.346 e. The van der Waals surface area contributed by atoms with Crippen LogP contribution in [0.5, 0.6) is 0 Å². The van der Waals surface area contributed by atoms with Crippen molar-refractivity contribution in [3.05, 3.63) is 71.5 Å². The van der Waals surface area contributed by atoms with Crippen LogP contribution < -0.4 is 11.1 Å². The molecule has 2 rings (SSSR count). The molecule has 1 amide bonds. The number of nitrogens with two attached hydrogens (primary N) is 1. The SMILES string of the molecule is NC(CC(=O)N[C@@H](C=O)Cc1ccccc1)Cc1ccccc1F. The number of nitrogens with one attached hydrogen (secondary N) is 1. The van der Waals surface area contributed by atoms with E-state index in [-0.39, 0.29) is 24.6 Å². The van der Waals surface area contributed by atoms with Crippen molar-refractivity contribution >= 4 is 12.2 Å². The van der Waals surface area contributed by atoms with Gasteiger partial charge in [-0.2, -0.15) is 0 Å². The van der Waals surface area contributed by atoms with Gasteiger partial charge >= 0.3 is 0 Å².